The maximum Gasteiger partial charge on any atom is 0.224 e. The summed E-state index contributed by atoms with van der Waals surface area (Å²) >= 11 is 0. The van der Waals surface area contributed by atoms with E-state index in [1.807, 2.05) is 13.0 Å². The van der Waals surface area contributed by atoms with Crippen LogP contribution in [0.3, 0.4) is 0 Å². The van der Waals surface area contributed by atoms with Crippen LogP contribution >= 0.6 is 0 Å². The van der Waals surface area contributed by atoms with Gasteiger partial charge in [-0.3, -0.25) is 0 Å². The van der Waals surface area contributed by atoms with Crippen molar-refractivity contribution >= 4 is 11.8 Å². The van der Waals surface area contributed by atoms with Gasteiger partial charge in [0.15, 0.2) is 0 Å². The van der Waals surface area contributed by atoms with Crippen molar-refractivity contribution in [1.29, 1.82) is 0 Å². The first-order valence-corrected chi connectivity index (χ1v) is 6.90. The minimum absolute atomic E-state index is 0.503. The van der Waals surface area contributed by atoms with E-state index in [9.17, 15) is 0 Å². The topological polar surface area (TPSA) is 41.1 Å². The van der Waals surface area contributed by atoms with Crippen LogP contribution in [-0.4, -0.2) is 29.6 Å². The first-order chi connectivity index (χ1) is 8.58. The number of aryl methyl sites for hydroxylation is 1. The van der Waals surface area contributed by atoms with Crippen LogP contribution in [0.25, 0.3) is 0 Å². The summed E-state index contributed by atoms with van der Waals surface area (Å²) in [6.45, 7) is 9.51. The van der Waals surface area contributed by atoms with Crippen LogP contribution in [0.2, 0.25) is 0 Å². The van der Waals surface area contributed by atoms with Crippen LogP contribution in [0.5, 0.6) is 0 Å². The fourth-order valence-electron chi connectivity index (χ4n) is 1.89. The van der Waals surface area contributed by atoms with Crippen molar-refractivity contribution < 1.29 is 0 Å². The second kappa shape index (κ2) is 7.19. The number of nitrogens with one attached hydrogen (secondary N) is 1. The number of rotatable bonds is 7. The largest absolute Gasteiger partial charge is 0.357 e. The molecule has 1 unspecified atom stereocenters. The molecule has 1 N–H and O–H groups in total. The maximum atomic E-state index is 4.58. The summed E-state index contributed by atoms with van der Waals surface area (Å²) < 4.78 is 0. The molecule has 0 saturated heterocycles. The van der Waals surface area contributed by atoms with Gasteiger partial charge in [-0.15, -0.1) is 0 Å². The molecule has 102 valence electrons. The molecule has 0 saturated carbocycles. The third-order valence-corrected chi connectivity index (χ3v) is 3.10. The number of anilines is 2. The number of hydrogen-bond donors (Lipinski definition) is 1. The molecular formula is C14H26N4. The molecule has 0 bridgehead atoms. The van der Waals surface area contributed by atoms with Crippen LogP contribution in [-0.2, 0) is 0 Å². The average Bonchev–Trinajstić information content (AvgIpc) is 2.35. The molecule has 4 nitrogen and oxygen atoms in total. The molecule has 18 heavy (non-hydrogen) atoms. The van der Waals surface area contributed by atoms with Crippen molar-refractivity contribution in [1.82, 2.24) is 9.97 Å². The van der Waals surface area contributed by atoms with Gasteiger partial charge in [0.05, 0.1) is 0 Å². The fourth-order valence-corrected chi connectivity index (χ4v) is 1.89. The van der Waals surface area contributed by atoms with E-state index in [4.69, 9.17) is 0 Å². The van der Waals surface area contributed by atoms with Gasteiger partial charge < -0.3 is 10.2 Å². The lowest BCUT2D eigenvalue weighted by Crippen LogP contribution is -2.29. The fraction of sp³-hybridized carbons (Fsp3) is 0.714. The van der Waals surface area contributed by atoms with Crippen LogP contribution < -0.4 is 10.2 Å². The zero-order valence-electron chi connectivity index (χ0n) is 12.3. The Morgan fingerprint density at radius 3 is 2.61 bits per heavy atom. The number of aromatic nitrogens is 2. The van der Waals surface area contributed by atoms with Gasteiger partial charge in [0.1, 0.15) is 5.82 Å². The lowest BCUT2D eigenvalue weighted by Gasteiger charge is -2.26. The van der Waals surface area contributed by atoms with E-state index in [2.05, 4.69) is 48.0 Å². The molecule has 0 aliphatic heterocycles. The molecule has 1 atom stereocenters. The Balaban J connectivity index is 2.84. The van der Waals surface area contributed by atoms with Crippen molar-refractivity contribution in [3.63, 3.8) is 0 Å². The minimum Gasteiger partial charge on any atom is -0.357 e. The monoisotopic (exact) mass is 250 g/mol. The quantitative estimate of drug-likeness (QED) is 0.806. The number of nitrogens with zero attached hydrogens (tertiary/aromatic N) is 3. The molecule has 0 aromatic carbocycles. The first-order valence-electron chi connectivity index (χ1n) is 6.90. The molecule has 0 aliphatic rings. The molecule has 0 amide bonds. The summed E-state index contributed by atoms with van der Waals surface area (Å²) in [6.07, 6.45) is 3.45. The smallest absolute Gasteiger partial charge is 0.224 e. The summed E-state index contributed by atoms with van der Waals surface area (Å²) in [6, 6.07) is 2.55. The van der Waals surface area contributed by atoms with Crippen molar-refractivity contribution in [2.75, 3.05) is 23.8 Å². The highest BCUT2D eigenvalue weighted by atomic mass is 15.2. The number of hydrogen-bond acceptors (Lipinski definition) is 4. The molecule has 0 fully saturated rings. The van der Waals surface area contributed by atoms with E-state index in [1.54, 1.807) is 0 Å². The molecule has 0 aliphatic carbocycles. The van der Waals surface area contributed by atoms with Gasteiger partial charge in [0.2, 0.25) is 5.95 Å². The zero-order chi connectivity index (χ0) is 13.5. The summed E-state index contributed by atoms with van der Waals surface area (Å²) in [7, 11) is 2.10. The Morgan fingerprint density at radius 2 is 2.00 bits per heavy atom. The van der Waals surface area contributed by atoms with Crippen LogP contribution in [0, 0.1) is 6.92 Å². The average molecular weight is 250 g/mol. The second-order valence-corrected chi connectivity index (χ2v) is 4.87. The van der Waals surface area contributed by atoms with Crippen LogP contribution in [0.1, 0.15) is 45.7 Å². The SMILES string of the molecule is CCCNc1nc(C)cc(N(C)C(C)CCC)n1. The van der Waals surface area contributed by atoms with E-state index in [-0.39, 0.29) is 0 Å². The third kappa shape index (κ3) is 4.17. The van der Waals surface area contributed by atoms with E-state index >= 15 is 0 Å². The Labute approximate surface area is 111 Å². The lowest BCUT2D eigenvalue weighted by molar-refractivity contribution is 0.610. The van der Waals surface area contributed by atoms with E-state index in [1.165, 1.54) is 12.8 Å². The maximum absolute atomic E-state index is 4.58. The van der Waals surface area contributed by atoms with Crippen molar-refractivity contribution in [3.8, 4) is 0 Å². The highest BCUT2D eigenvalue weighted by Gasteiger charge is 2.12. The molecule has 0 radical (unpaired) electrons. The summed E-state index contributed by atoms with van der Waals surface area (Å²) in [4.78, 5) is 11.2. The predicted molar refractivity (Wildman–Crippen MR) is 78.3 cm³/mol. The highest BCUT2D eigenvalue weighted by Crippen LogP contribution is 2.17. The van der Waals surface area contributed by atoms with Gasteiger partial charge in [-0.05, 0) is 26.7 Å². The molecule has 1 aromatic heterocycles. The van der Waals surface area contributed by atoms with Gasteiger partial charge >= 0.3 is 0 Å². The van der Waals surface area contributed by atoms with Gasteiger partial charge in [0, 0.05) is 31.4 Å². The Hall–Kier alpha value is -1.32. The summed E-state index contributed by atoms with van der Waals surface area (Å²) in [5.74, 6) is 1.74. The predicted octanol–water partition coefficient (Wildman–Crippen LogP) is 3.23. The Kier molecular flexibility index (Phi) is 5.89. The normalized spacial score (nSPS) is 12.3. The Bertz CT molecular complexity index is 365. The van der Waals surface area contributed by atoms with Crippen molar-refractivity contribution in [2.24, 2.45) is 0 Å². The van der Waals surface area contributed by atoms with Gasteiger partial charge in [0.25, 0.3) is 0 Å². The summed E-state index contributed by atoms with van der Waals surface area (Å²) in [5.41, 5.74) is 1.01. The van der Waals surface area contributed by atoms with Gasteiger partial charge in [-0.25, -0.2) is 4.98 Å². The first kappa shape index (κ1) is 14.7. The molecule has 1 rings (SSSR count). The lowest BCUT2D eigenvalue weighted by atomic mass is 10.2. The molecule has 0 spiro atoms. The molecule has 1 heterocycles. The Morgan fingerprint density at radius 1 is 1.28 bits per heavy atom. The standard InChI is InChI=1S/C14H26N4/c1-6-8-12(4)18(5)13-10-11(3)16-14(17-13)15-9-7-2/h10,12H,6-9H2,1-5H3,(H,15,16,17). The molecule has 1 aromatic rings. The van der Waals surface area contributed by atoms with Crippen molar-refractivity contribution in [2.45, 2.75) is 53.0 Å². The molecular weight excluding hydrogens is 224 g/mol. The van der Waals surface area contributed by atoms with Crippen molar-refractivity contribution in [3.05, 3.63) is 11.8 Å². The van der Waals surface area contributed by atoms with E-state index in [0.29, 0.717) is 6.04 Å². The third-order valence-electron chi connectivity index (χ3n) is 3.10. The zero-order valence-corrected chi connectivity index (χ0v) is 12.3. The second-order valence-electron chi connectivity index (χ2n) is 4.87. The highest BCUT2D eigenvalue weighted by molar-refractivity contribution is 5.44. The van der Waals surface area contributed by atoms with Crippen LogP contribution in [0.15, 0.2) is 6.07 Å². The molecule has 4 heteroatoms. The van der Waals surface area contributed by atoms with E-state index in [0.717, 1.165) is 30.4 Å². The minimum atomic E-state index is 0.503. The van der Waals surface area contributed by atoms with E-state index < -0.39 is 0 Å². The van der Waals surface area contributed by atoms with Gasteiger partial charge in [-0.2, -0.15) is 4.98 Å². The van der Waals surface area contributed by atoms with Gasteiger partial charge in [-0.1, -0.05) is 20.3 Å². The summed E-state index contributed by atoms with van der Waals surface area (Å²) in [5, 5.41) is 3.25. The van der Waals surface area contributed by atoms with Crippen LogP contribution in [0.4, 0.5) is 11.8 Å².